The third-order valence-corrected chi connectivity index (χ3v) is 9.21. The topological polar surface area (TPSA) is 95.9 Å². The zero-order chi connectivity index (χ0) is 31.1. The molecule has 0 saturated heterocycles. The predicted octanol–water partition coefficient (Wildman–Crippen LogP) is 7.64. The molecule has 0 aliphatic heterocycles. The number of carbonyl (C=O) groups excluding carboxylic acids is 1. The molecule has 10 heteroatoms. The van der Waals surface area contributed by atoms with Crippen LogP contribution in [0.5, 0.6) is 0 Å². The first-order chi connectivity index (χ1) is 21.3. The van der Waals surface area contributed by atoms with Crippen molar-refractivity contribution in [2.75, 3.05) is 7.11 Å². The van der Waals surface area contributed by atoms with Gasteiger partial charge in [-0.3, -0.25) is 8.77 Å². The normalized spacial score (nSPS) is 16.3. The summed E-state index contributed by atoms with van der Waals surface area (Å²) >= 11 is 0. The Hall–Kier alpha value is -5.19. The Labute approximate surface area is 253 Å². The van der Waals surface area contributed by atoms with Gasteiger partial charge in [0.1, 0.15) is 5.82 Å². The van der Waals surface area contributed by atoms with E-state index in [-0.39, 0.29) is 45.0 Å². The first-order valence-corrected chi connectivity index (χ1v) is 14.6. The van der Waals surface area contributed by atoms with Crippen LogP contribution >= 0.6 is 0 Å². The fraction of sp³-hybridized carbons (Fsp3) is 0.147. The summed E-state index contributed by atoms with van der Waals surface area (Å²) in [5.41, 5.74) is 2.69. The molecule has 6 rings (SSSR count). The number of ether oxygens (including phenoxy) is 1. The highest BCUT2D eigenvalue weighted by atomic mass is 32.2. The van der Waals surface area contributed by atoms with E-state index in [0.717, 1.165) is 5.56 Å². The van der Waals surface area contributed by atoms with E-state index in [9.17, 15) is 32.7 Å². The molecular weight excluding hydrogens is 587 g/mol. The number of carbonyl (C=O) groups is 1. The van der Waals surface area contributed by atoms with Crippen LogP contribution in [-0.2, 0) is 20.5 Å². The molecule has 3 atom stereocenters. The first-order valence-electron chi connectivity index (χ1n) is 13.5. The van der Waals surface area contributed by atoms with Crippen molar-refractivity contribution in [1.82, 2.24) is 3.97 Å². The second-order valence-corrected chi connectivity index (χ2v) is 11.7. The van der Waals surface area contributed by atoms with Gasteiger partial charge >= 0.3 is 5.97 Å². The molecule has 218 valence electrons. The molecule has 6 nitrogen and oxygen atoms in total. The van der Waals surface area contributed by atoms with Gasteiger partial charge < -0.3 is 4.74 Å². The van der Waals surface area contributed by atoms with Gasteiger partial charge in [-0.05, 0) is 66.4 Å². The van der Waals surface area contributed by atoms with Gasteiger partial charge in [0, 0.05) is 27.6 Å². The van der Waals surface area contributed by atoms with Gasteiger partial charge in [0.25, 0.3) is 6.43 Å². The number of aromatic nitrogens is 1. The molecule has 1 aliphatic rings. The number of alkyl halides is 2. The minimum absolute atomic E-state index is 0.102. The average molecular weight is 610 g/mol. The van der Waals surface area contributed by atoms with Crippen molar-refractivity contribution in [2.45, 2.75) is 23.7 Å². The van der Waals surface area contributed by atoms with E-state index in [0.29, 0.717) is 34.1 Å². The second-order valence-electron chi connectivity index (χ2n) is 10.3. The fourth-order valence-electron chi connectivity index (χ4n) is 5.66. The quantitative estimate of drug-likeness (QED) is 0.177. The number of methoxy groups -OCH3 is 1. The van der Waals surface area contributed by atoms with E-state index in [1.165, 1.54) is 53.5 Å². The van der Waals surface area contributed by atoms with Crippen LogP contribution in [0.3, 0.4) is 0 Å². The van der Waals surface area contributed by atoms with Gasteiger partial charge in [0.15, 0.2) is 11.0 Å². The largest absolute Gasteiger partial charge is 0.469 e. The van der Waals surface area contributed by atoms with Crippen molar-refractivity contribution < 1.29 is 26.9 Å². The van der Waals surface area contributed by atoms with Gasteiger partial charge in [-0.1, -0.05) is 36.4 Å². The van der Waals surface area contributed by atoms with Gasteiger partial charge in [0.2, 0.25) is 0 Å². The molecule has 1 saturated carbocycles. The standard InChI is InChI=1S/C34H22F3N3O3S/c1-43-34(41)27-16-26(27)20-4-2-5-21(14-20)32-31(30-22(17-38)6-3-7-23(30)18-39)28-15-24(35)10-13-29(28)40(32)44(42)25-11-8-19(9-12-25)33(36)37/h2-15,26-27,33H,16H2,1H3. The Bertz CT molecular complexity index is 2030. The molecular formula is C34H22F3N3O3S. The van der Waals surface area contributed by atoms with Crippen LogP contribution in [0.15, 0.2) is 89.8 Å². The molecule has 0 spiro atoms. The minimum Gasteiger partial charge on any atom is -0.469 e. The van der Waals surface area contributed by atoms with E-state index in [1.54, 1.807) is 30.3 Å². The van der Waals surface area contributed by atoms with Gasteiger partial charge in [0.05, 0.1) is 52.4 Å². The van der Waals surface area contributed by atoms with Crippen molar-refractivity contribution in [3.05, 3.63) is 113 Å². The summed E-state index contributed by atoms with van der Waals surface area (Å²) in [4.78, 5) is 12.4. The number of esters is 1. The molecule has 44 heavy (non-hydrogen) atoms. The number of rotatable bonds is 7. The third-order valence-electron chi connectivity index (χ3n) is 7.82. The van der Waals surface area contributed by atoms with Gasteiger partial charge in [-0.15, -0.1) is 0 Å². The second kappa shape index (κ2) is 11.5. The summed E-state index contributed by atoms with van der Waals surface area (Å²) < 4.78 is 62.3. The van der Waals surface area contributed by atoms with E-state index >= 15 is 0 Å². The number of nitriles is 2. The van der Waals surface area contributed by atoms with Crippen LogP contribution in [0.4, 0.5) is 13.2 Å². The predicted molar refractivity (Wildman–Crippen MR) is 158 cm³/mol. The number of nitrogens with zero attached hydrogens (tertiary/aromatic N) is 3. The lowest BCUT2D eigenvalue weighted by Gasteiger charge is -2.15. The molecule has 1 aliphatic carbocycles. The molecule has 4 aromatic carbocycles. The highest BCUT2D eigenvalue weighted by Crippen LogP contribution is 2.50. The van der Waals surface area contributed by atoms with Crippen molar-refractivity contribution in [3.8, 4) is 34.5 Å². The lowest BCUT2D eigenvalue weighted by Crippen LogP contribution is -2.08. The summed E-state index contributed by atoms with van der Waals surface area (Å²) in [5.74, 6) is -1.31. The van der Waals surface area contributed by atoms with Crippen LogP contribution in [0.1, 0.15) is 41.0 Å². The molecule has 0 bridgehead atoms. The maximum Gasteiger partial charge on any atom is 0.309 e. The van der Waals surface area contributed by atoms with Gasteiger partial charge in [-0.2, -0.15) is 10.5 Å². The molecule has 3 unspecified atom stereocenters. The molecule has 1 aromatic heterocycles. The Balaban J connectivity index is 1.68. The van der Waals surface area contributed by atoms with E-state index in [2.05, 4.69) is 12.1 Å². The Morgan fingerprint density at radius 3 is 2.27 bits per heavy atom. The number of halogens is 3. The van der Waals surface area contributed by atoms with Crippen LogP contribution in [-0.4, -0.2) is 21.3 Å². The molecule has 5 aromatic rings. The van der Waals surface area contributed by atoms with Crippen molar-refractivity contribution >= 4 is 27.9 Å². The van der Waals surface area contributed by atoms with Crippen LogP contribution in [0.25, 0.3) is 33.3 Å². The van der Waals surface area contributed by atoms with Gasteiger partial charge in [-0.25, -0.2) is 17.4 Å². The van der Waals surface area contributed by atoms with Crippen LogP contribution in [0, 0.1) is 34.4 Å². The summed E-state index contributed by atoms with van der Waals surface area (Å²) in [6, 6.07) is 25.2. The molecule has 0 radical (unpaired) electrons. The summed E-state index contributed by atoms with van der Waals surface area (Å²) in [5, 5.41) is 20.5. The number of hydrogen-bond donors (Lipinski definition) is 0. The Morgan fingerprint density at radius 2 is 1.64 bits per heavy atom. The highest BCUT2D eigenvalue weighted by molar-refractivity contribution is 7.83. The Kier molecular flexibility index (Phi) is 7.54. The molecule has 0 N–H and O–H groups in total. The smallest absolute Gasteiger partial charge is 0.309 e. The van der Waals surface area contributed by atoms with E-state index in [4.69, 9.17) is 4.74 Å². The maximum atomic E-state index is 14.9. The lowest BCUT2D eigenvalue weighted by atomic mass is 9.90. The van der Waals surface area contributed by atoms with Crippen LogP contribution in [0.2, 0.25) is 0 Å². The third kappa shape index (κ3) is 4.93. The molecule has 1 heterocycles. The monoisotopic (exact) mass is 609 g/mol. The first kappa shape index (κ1) is 28.9. The summed E-state index contributed by atoms with van der Waals surface area (Å²) in [7, 11) is -0.706. The zero-order valence-electron chi connectivity index (χ0n) is 23.1. The van der Waals surface area contributed by atoms with Crippen molar-refractivity contribution in [1.29, 1.82) is 10.5 Å². The minimum atomic E-state index is -2.71. The SMILES string of the molecule is COC(=O)C1CC1c1cccc(-c2c(-c3c(C#N)cccc3C#N)c3cc(F)ccc3n2S(=O)c2ccc(C(F)F)cc2)c1. The van der Waals surface area contributed by atoms with E-state index < -0.39 is 23.2 Å². The Morgan fingerprint density at radius 1 is 0.955 bits per heavy atom. The number of hydrogen-bond acceptors (Lipinski definition) is 5. The zero-order valence-corrected chi connectivity index (χ0v) is 23.9. The number of fused-ring (bicyclic) bond motifs is 1. The van der Waals surface area contributed by atoms with Crippen LogP contribution < -0.4 is 0 Å². The maximum absolute atomic E-state index is 14.9. The lowest BCUT2D eigenvalue weighted by molar-refractivity contribution is -0.142. The molecule has 0 amide bonds. The van der Waals surface area contributed by atoms with Crippen molar-refractivity contribution in [3.63, 3.8) is 0 Å². The fourth-order valence-corrected chi connectivity index (χ4v) is 6.94. The summed E-state index contributed by atoms with van der Waals surface area (Å²) in [6.45, 7) is 0. The average Bonchev–Trinajstić information content (AvgIpc) is 3.79. The van der Waals surface area contributed by atoms with E-state index in [1.807, 2.05) is 12.1 Å². The molecule has 1 fully saturated rings. The number of benzene rings is 4. The van der Waals surface area contributed by atoms with Crippen molar-refractivity contribution in [2.24, 2.45) is 5.92 Å². The summed E-state index contributed by atoms with van der Waals surface area (Å²) in [6.07, 6.45) is -2.11. The highest BCUT2D eigenvalue weighted by Gasteiger charge is 2.45.